The second-order valence-corrected chi connectivity index (χ2v) is 8.09. The lowest BCUT2D eigenvalue weighted by atomic mass is 10.1. The van der Waals surface area contributed by atoms with Crippen LogP contribution < -0.4 is 10.2 Å². The summed E-state index contributed by atoms with van der Waals surface area (Å²) < 4.78 is 18.6. The fraction of sp³-hybridized carbons (Fsp3) is 0.455. The van der Waals surface area contributed by atoms with Crippen molar-refractivity contribution in [1.82, 2.24) is 20.4 Å². The van der Waals surface area contributed by atoms with Crippen molar-refractivity contribution in [3.8, 4) is 0 Å². The van der Waals surface area contributed by atoms with Crippen LogP contribution in [0.1, 0.15) is 49.7 Å². The first-order valence-corrected chi connectivity index (χ1v) is 11.0. The van der Waals surface area contributed by atoms with Crippen molar-refractivity contribution in [1.29, 1.82) is 0 Å². The Kier molecular flexibility index (Phi) is 6.65. The Balaban J connectivity index is 1.46. The molecule has 0 aliphatic carbocycles. The van der Waals surface area contributed by atoms with Crippen molar-refractivity contribution >= 4 is 34.4 Å². The molecule has 0 unspecified atom stereocenters. The largest absolute Gasteiger partial charge is 0.356 e. The van der Waals surface area contributed by atoms with Gasteiger partial charge < -0.3 is 14.7 Å². The van der Waals surface area contributed by atoms with Gasteiger partial charge in [0.1, 0.15) is 22.8 Å². The van der Waals surface area contributed by atoms with Crippen LogP contribution in [0.25, 0.3) is 11.1 Å². The zero-order valence-corrected chi connectivity index (χ0v) is 18.2. The monoisotopic (exact) mass is 445 g/mol. The molecule has 0 spiro atoms. The predicted octanol–water partition coefficient (Wildman–Crippen LogP) is 4.21. The van der Waals surface area contributed by atoms with Crippen LogP contribution >= 0.6 is 11.6 Å². The third-order valence-electron chi connectivity index (χ3n) is 5.49. The summed E-state index contributed by atoms with van der Waals surface area (Å²) in [4.78, 5) is 23.9. The maximum absolute atomic E-state index is 13.2. The third kappa shape index (κ3) is 4.95. The van der Waals surface area contributed by atoms with Crippen LogP contribution in [0.15, 0.2) is 22.7 Å². The lowest BCUT2D eigenvalue weighted by Gasteiger charge is -2.28. The minimum Gasteiger partial charge on any atom is -0.356 e. The van der Waals surface area contributed by atoms with Crippen LogP contribution in [-0.4, -0.2) is 34.1 Å². The number of aryl methyl sites for hydroxylation is 2. The summed E-state index contributed by atoms with van der Waals surface area (Å²) in [6.45, 7) is 4.15. The van der Waals surface area contributed by atoms with Crippen molar-refractivity contribution in [3.05, 3.63) is 46.1 Å². The summed E-state index contributed by atoms with van der Waals surface area (Å²) in [5.74, 6) is 0.851. The van der Waals surface area contributed by atoms with Crippen molar-refractivity contribution in [2.45, 2.75) is 52.0 Å². The quantitative estimate of drug-likeness (QED) is 0.586. The molecule has 0 atom stereocenters. The number of anilines is 1. The number of fused-ring (bicyclic) bond motifs is 1. The predicted molar refractivity (Wildman–Crippen MR) is 117 cm³/mol. The van der Waals surface area contributed by atoms with E-state index in [9.17, 15) is 9.18 Å². The molecule has 0 saturated carbocycles. The highest BCUT2D eigenvalue weighted by molar-refractivity contribution is 6.31. The van der Waals surface area contributed by atoms with Crippen molar-refractivity contribution in [3.63, 3.8) is 0 Å². The summed E-state index contributed by atoms with van der Waals surface area (Å²) in [5, 5.41) is 8.14. The Labute approximate surface area is 185 Å². The molecule has 3 aromatic rings. The maximum atomic E-state index is 13.2. The molecule has 1 fully saturated rings. The lowest BCUT2D eigenvalue weighted by molar-refractivity contribution is -0.121. The first-order chi connectivity index (χ1) is 15.0. The number of halogens is 2. The Bertz CT molecular complexity index is 1080. The van der Waals surface area contributed by atoms with Gasteiger partial charge in [-0.25, -0.2) is 9.37 Å². The van der Waals surface area contributed by atoms with Gasteiger partial charge in [-0.3, -0.25) is 4.79 Å². The highest BCUT2D eigenvalue weighted by Gasteiger charge is 2.22. The van der Waals surface area contributed by atoms with E-state index in [-0.39, 0.29) is 23.9 Å². The van der Waals surface area contributed by atoms with Crippen LogP contribution in [0.2, 0.25) is 5.02 Å². The molecule has 2 aromatic heterocycles. The molecule has 1 N–H and O–H groups in total. The minimum atomic E-state index is -0.407. The fourth-order valence-electron chi connectivity index (χ4n) is 3.79. The van der Waals surface area contributed by atoms with E-state index in [0.717, 1.165) is 49.2 Å². The van der Waals surface area contributed by atoms with E-state index in [2.05, 4.69) is 20.4 Å². The number of nitrogens with one attached hydrogen (secondary N) is 1. The van der Waals surface area contributed by atoms with E-state index in [4.69, 9.17) is 21.1 Å². The van der Waals surface area contributed by atoms with Gasteiger partial charge in [0, 0.05) is 37.5 Å². The van der Waals surface area contributed by atoms with Crippen molar-refractivity contribution in [2.24, 2.45) is 0 Å². The molecule has 1 aliphatic heterocycles. The number of carbonyl (C=O) groups is 1. The Morgan fingerprint density at radius 1 is 1.26 bits per heavy atom. The Morgan fingerprint density at radius 2 is 2.06 bits per heavy atom. The lowest BCUT2D eigenvalue weighted by Crippen LogP contribution is -2.31. The number of hydrogen-bond donors (Lipinski definition) is 1. The second kappa shape index (κ2) is 9.60. The number of hydrogen-bond acceptors (Lipinski definition) is 6. The summed E-state index contributed by atoms with van der Waals surface area (Å²) >= 11 is 6.01. The molecule has 1 saturated heterocycles. The first-order valence-electron chi connectivity index (χ1n) is 10.7. The van der Waals surface area contributed by atoms with Crippen LogP contribution in [0.4, 0.5) is 10.2 Å². The van der Waals surface area contributed by atoms with Gasteiger partial charge in [0.15, 0.2) is 0 Å². The zero-order chi connectivity index (χ0) is 21.8. The number of amides is 1. The third-order valence-corrected chi connectivity index (χ3v) is 5.84. The van der Waals surface area contributed by atoms with Gasteiger partial charge in [-0.15, -0.1) is 0 Å². The van der Waals surface area contributed by atoms with Gasteiger partial charge in [0.05, 0.1) is 5.69 Å². The fourth-order valence-corrected chi connectivity index (χ4v) is 4.03. The molecule has 1 aliphatic rings. The van der Waals surface area contributed by atoms with E-state index < -0.39 is 5.82 Å². The molecule has 7 nitrogen and oxygen atoms in total. The van der Waals surface area contributed by atoms with E-state index >= 15 is 0 Å². The molecule has 9 heteroatoms. The molecule has 31 heavy (non-hydrogen) atoms. The van der Waals surface area contributed by atoms with Gasteiger partial charge in [-0.2, -0.15) is 4.98 Å². The standard InChI is InChI=1S/C22H25ClFN5O2/c1-2-17-20-21(29-10-4-3-5-11-29)26-18(27-22(20)31-28-17)8-9-19(30)25-13-14-6-7-15(24)12-16(14)23/h6-7,12H,2-5,8-11,13H2,1H3,(H,25,30). The average molecular weight is 446 g/mol. The molecular formula is C22H25ClFN5O2. The highest BCUT2D eigenvalue weighted by Crippen LogP contribution is 2.30. The summed E-state index contributed by atoms with van der Waals surface area (Å²) in [5.41, 5.74) is 1.99. The summed E-state index contributed by atoms with van der Waals surface area (Å²) in [6, 6.07) is 4.12. The Morgan fingerprint density at radius 3 is 2.81 bits per heavy atom. The van der Waals surface area contributed by atoms with Gasteiger partial charge in [0.2, 0.25) is 5.91 Å². The molecule has 1 aromatic carbocycles. The molecular weight excluding hydrogens is 421 g/mol. The molecule has 1 amide bonds. The normalized spacial score (nSPS) is 14.2. The molecule has 0 radical (unpaired) electrons. The van der Waals surface area contributed by atoms with Gasteiger partial charge in [0.25, 0.3) is 5.71 Å². The van der Waals surface area contributed by atoms with E-state index in [1.165, 1.54) is 18.6 Å². The van der Waals surface area contributed by atoms with Crippen molar-refractivity contribution < 1.29 is 13.7 Å². The summed E-state index contributed by atoms with van der Waals surface area (Å²) in [6.07, 6.45) is 4.81. The molecule has 4 rings (SSSR count). The van der Waals surface area contributed by atoms with Gasteiger partial charge in [-0.05, 0) is 43.4 Å². The zero-order valence-electron chi connectivity index (χ0n) is 17.5. The number of aromatic nitrogens is 3. The average Bonchev–Trinajstić information content (AvgIpc) is 3.20. The second-order valence-electron chi connectivity index (χ2n) is 7.69. The van der Waals surface area contributed by atoms with Crippen LogP contribution in [0.3, 0.4) is 0 Å². The molecule has 164 valence electrons. The molecule has 0 bridgehead atoms. The van der Waals surface area contributed by atoms with Crippen LogP contribution in [0, 0.1) is 5.82 Å². The molecule has 3 heterocycles. The SMILES string of the molecule is CCc1noc2nc(CCC(=O)NCc3ccc(F)cc3Cl)nc(N3CCCCC3)c12. The topological polar surface area (TPSA) is 84.1 Å². The highest BCUT2D eigenvalue weighted by atomic mass is 35.5. The number of piperidine rings is 1. The van der Waals surface area contributed by atoms with Gasteiger partial charge >= 0.3 is 0 Å². The number of rotatable bonds is 7. The Hall–Kier alpha value is -2.74. The van der Waals surface area contributed by atoms with Crippen molar-refractivity contribution in [2.75, 3.05) is 18.0 Å². The van der Waals surface area contributed by atoms with Gasteiger partial charge in [-0.1, -0.05) is 29.7 Å². The van der Waals surface area contributed by atoms with Crippen LogP contribution in [-0.2, 0) is 24.2 Å². The maximum Gasteiger partial charge on any atom is 0.263 e. The number of nitrogens with zero attached hydrogens (tertiary/aromatic N) is 4. The summed E-state index contributed by atoms with van der Waals surface area (Å²) in [7, 11) is 0. The first kappa shape index (κ1) is 21.5. The smallest absolute Gasteiger partial charge is 0.263 e. The minimum absolute atomic E-state index is 0.157. The van der Waals surface area contributed by atoms with E-state index in [1.54, 1.807) is 6.07 Å². The van der Waals surface area contributed by atoms with E-state index in [0.29, 0.717) is 23.5 Å². The van der Waals surface area contributed by atoms with Crippen LogP contribution in [0.5, 0.6) is 0 Å². The number of benzene rings is 1. The number of carbonyl (C=O) groups excluding carboxylic acids is 1. The van der Waals surface area contributed by atoms with E-state index in [1.807, 2.05) is 6.92 Å².